The summed E-state index contributed by atoms with van der Waals surface area (Å²) in [5, 5.41) is 8.29. The SMILES string of the molecule is CNC(=O)c1cc(N(C)C(=O)Nc2cc(C(=O)Nc3cccc(-c4ccccc4)c3)ccc2C)ccn1. The molecule has 0 unspecified atom stereocenters. The molecule has 1 heterocycles. The number of hydrogen-bond donors (Lipinski definition) is 3. The van der Waals surface area contributed by atoms with E-state index >= 15 is 0 Å². The summed E-state index contributed by atoms with van der Waals surface area (Å²) in [6.45, 7) is 1.84. The van der Waals surface area contributed by atoms with Gasteiger partial charge in [-0.3, -0.25) is 19.5 Å². The van der Waals surface area contributed by atoms with Gasteiger partial charge in [0.1, 0.15) is 5.69 Å². The number of anilines is 3. The molecular formula is C29H27N5O3. The number of nitrogens with zero attached hydrogens (tertiary/aromatic N) is 2. The standard InChI is InChI=1S/C29H27N5O3/c1-19-12-13-22(27(35)32-23-11-7-10-21(16-23)20-8-5-4-6-9-20)17-25(19)33-29(37)34(3)24-14-15-31-26(18-24)28(36)30-2/h4-18H,1-3H3,(H,30,36)(H,32,35)(H,33,37). The fraction of sp³-hybridized carbons (Fsp3) is 0.103. The van der Waals surface area contributed by atoms with Crippen molar-refractivity contribution in [2.75, 3.05) is 29.6 Å². The molecule has 0 saturated heterocycles. The Morgan fingerprint density at radius 2 is 1.54 bits per heavy atom. The predicted octanol–water partition coefficient (Wildman–Crippen LogP) is 5.34. The lowest BCUT2D eigenvalue weighted by molar-refractivity contribution is 0.0957. The van der Waals surface area contributed by atoms with Crippen LogP contribution in [0, 0.1) is 6.92 Å². The van der Waals surface area contributed by atoms with Crippen molar-refractivity contribution in [2.24, 2.45) is 0 Å². The Hall–Kier alpha value is -4.98. The molecule has 186 valence electrons. The summed E-state index contributed by atoms with van der Waals surface area (Å²) < 4.78 is 0. The molecular weight excluding hydrogens is 466 g/mol. The number of pyridine rings is 1. The van der Waals surface area contributed by atoms with Crippen LogP contribution in [0.1, 0.15) is 26.4 Å². The van der Waals surface area contributed by atoms with Gasteiger partial charge in [0, 0.05) is 42.9 Å². The van der Waals surface area contributed by atoms with Crippen molar-refractivity contribution < 1.29 is 14.4 Å². The van der Waals surface area contributed by atoms with E-state index in [9.17, 15) is 14.4 Å². The van der Waals surface area contributed by atoms with Crippen molar-refractivity contribution in [1.82, 2.24) is 10.3 Å². The van der Waals surface area contributed by atoms with Gasteiger partial charge >= 0.3 is 6.03 Å². The Bertz CT molecular complexity index is 1450. The average molecular weight is 494 g/mol. The lowest BCUT2D eigenvalue weighted by atomic mass is 10.0. The highest BCUT2D eigenvalue weighted by molar-refractivity contribution is 6.07. The fourth-order valence-electron chi connectivity index (χ4n) is 3.70. The number of rotatable bonds is 6. The van der Waals surface area contributed by atoms with E-state index in [1.807, 2.05) is 61.5 Å². The van der Waals surface area contributed by atoms with E-state index in [1.165, 1.54) is 24.2 Å². The van der Waals surface area contributed by atoms with E-state index in [0.29, 0.717) is 22.6 Å². The molecule has 0 aliphatic carbocycles. The van der Waals surface area contributed by atoms with Crippen LogP contribution in [0.3, 0.4) is 0 Å². The number of urea groups is 1. The minimum atomic E-state index is -0.426. The molecule has 0 aliphatic heterocycles. The van der Waals surface area contributed by atoms with Gasteiger partial charge in [0.15, 0.2) is 0 Å². The van der Waals surface area contributed by atoms with Gasteiger partial charge in [0.2, 0.25) is 0 Å². The van der Waals surface area contributed by atoms with Crippen molar-refractivity contribution in [3.05, 3.63) is 108 Å². The number of carbonyl (C=O) groups is 3. The molecule has 4 aromatic rings. The van der Waals surface area contributed by atoms with Crippen molar-refractivity contribution in [3.8, 4) is 11.1 Å². The molecule has 0 aliphatic rings. The van der Waals surface area contributed by atoms with Crippen LogP contribution in [-0.4, -0.2) is 36.9 Å². The highest BCUT2D eigenvalue weighted by Crippen LogP contribution is 2.24. The third-order valence-electron chi connectivity index (χ3n) is 5.86. The van der Waals surface area contributed by atoms with Gasteiger partial charge in [-0.25, -0.2) is 4.79 Å². The molecule has 4 rings (SSSR count). The summed E-state index contributed by atoms with van der Waals surface area (Å²) in [6, 6.07) is 25.4. The second-order valence-corrected chi connectivity index (χ2v) is 8.40. The summed E-state index contributed by atoms with van der Waals surface area (Å²) in [6.07, 6.45) is 1.46. The first-order valence-corrected chi connectivity index (χ1v) is 11.7. The van der Waals surface area contributed by atoms with Gasteiger partial charge < -0.3 is 16.0 Å². The summed E-state index contributed by atoms with van der Waals surface area (Å²) in [5.74, 6) is -0.641. The number of hydrogen-bond acceptors (Lipinski definition) is 4. The Balaban J connectivity index is 1.49. The molecule has 0 radical (unpaired) electrons. The first-order chi connectivity index (χ1) is 17.9. The normalized spacial score (nSPS) is 10.4. The summed E-state index contributed by atoms with van der Waals surface area (Å²) in [5.41, 5.74) is 5.12. The van der Waals surface area contributed by atoms with E-state index in [1.54, 1.807) is 31.3 Å². The summed E-state index contributed by atoms with van der Waals surface area (Å²) in [7, 11) is 3.10. The Morgan fingerprint density at radius 1 is 0.784 bits per heavy atom. The van der Waals surface area contributed by atoms with Crippen LogP contribution < -0.4 is 20.9 Å². The number of benzene rings is 3. The first-order valence-electron chi connectivity index (χ1n) is 11.7. The van der Waals surface area contributed by atoms with Crippen LogP contribution in [0.25, 0.3) is 11.1 Å². The Morgan fingerprint density at radius 3 is 2.30 bits per heavy atom. The van der Waals surface area contributed by atoms with Crippen LogP contribution in [0.2, 0.25) is 0 Å². The van der Waals surface area contributed by atoms with Gasteiger partial charge in [-0.2, -0.15) is 0 Å². The van der Waals surface area contributed by atoms with Crippen molar-refractivity contribution in [3.63, 3.8) is 0 Å². The molecule has 0 atom stereocenters. The van der Waals surface area contributed by atoms with E-state index in [-0.39, 0.29) is 17.5 Å². The average Bonchev–Trinajstić information content (AvgIpc) is 2.94. The lowest BCUT2D eigenvalue weighted by Gasteiger charge is -2.19. The highest BCUT2D eigenvalue weighted by Gasteiger charge is 2.16. The van der Waals surface area contributed by atoms with E-state index in [0.717, 1.165) is 16.7 Å². The molecule has 0 bridgehead atoms. The largest absolute Gasteiger partial charge is 0.354 e. The van der Waals surface area contributed by atoms with Crippen LogP contribution in [0.15, 0.2) is 91.1 Å². The minimum Gasteiger partial charge on any atom is -0.354 e. The second-order valence-electron chi connectivity index (χ2n) is 8.40. The van der Waals surface area contributed by atoms with Crippen molar-refractivity contribution in [1.29, 1.82) is 0 Å². The molecule has 0 spiro atoms. The molecule has 3 aromatic carbocycles. The molecule has 0 saturated carbocycles. The van der Waals surface area contributed by atoms with Crippen molar-refractivity contribution in [2.45, 2.75) is 6.92 Å². The van der Waals surface area contributed by atoms with Gasteiger partial charge in [-0.15, -0.1) is 0 Å². The zero-order valence-electron chi connectivity index (χ0n) is 20.8. The monoisotopic (exact) mass is 493 g/mol. The molecule has 0 fully saturated rings. The van der Waals surface area contributed by atoms with Crippen LogP contribution >= 0.6 is 0 Å². The summed E-state index contributed by atoms with van der Waals surface area (Å²) in [4.78, 5) is 43.3. The molecule has 4 amide bonds. The van der Waals surface area contributed by atoms with Crippen LogP contribution in [-0.2, 0) is 0 Å². The van der Waals surface area contributed by atoms with Crippen LogP contribution in [0.4, 0.5) is 21.9 Å². The topological polar surface area (TPSA) is 103 Å². The third-order valence-corrected chi connectivity index (χ3v) is 5.86. The molecule has 8 heteroatoms. The molecule has 37 heavy (non-hydrogen) atoms. The van der Waals surface area contributed by atoms with Gasteiger partial charge in [0.05, 0.1) is 0 Å². The number of aromatic nitrogens is 1. The van der Waals surface area contributed by atoms with E-state index in [4.69, 9.17) is 0 Å². The van der Waals surface area contributed by atoms with E-state index < -0.39 is 6.03 Å². The maximum absolute atomic E-state index is 13.0. The number of aryl methyl sites for hydroxylation is 1. The molecule has 3 N–H and O–H groups in total. The maximum Gasteiger partial charge on any atom is 0.326 e. The Labute approximate surface area is 215 Å². The minimum absolute atomic E-state index is 0.200. The molecule has 8 nitrogen and oxygen atoms in total. The maximum atomic E-state index is 13.0. The summed E-state index contributed by atoms with van der Waals surface area (Å²) >= 11 is 0. The zero-order chi connectivity index (χ0) is 26.4. The lowest BCUT2D eigenvalue weighted by Crippen LogP contribution is -2.32. The first kappa shape index (κ1) is 25.1. The molecule has 1 aromatic heterocycles. The van der Waals surface area contributed by atoms with Gasteiger partial charge in [-0.1, -0.05) is 48.5 Å². The second kappa shape index (κ2) is 11.2. The third kappa shape index (κ3) is 5.99. The zero-order valence-corrected chi connectivity index (χ0v) is 20.8. The number of carbonyl (C=O) groups excluding carboxylic acids is 3. The number of nitrogens with one attached hydrogen (secondary N) is 3. The fourth-order valence-corrected chi connectivity index (χ4v) is 3.70. The van der Waals surface area contributed by atoms with Crippen LogP contribution in [0.5, 0.6) is 0 Å². The van der Waals surface area contributed by atoms with Gasteiger partial charge in [-0.05, 0) is 60.0 Å². The highest BCUT2D eigenvalue weighted by atomic mass is 16.2. The smallest absolute Gasteiger partial charge is 0.326 e. The quantitative estimate of drug-likeness (QED) is 0.337. The number of amides is 4. The van der Waals surface area contributed by atoms with E-state index in [2.05, 4.69) is 20.9 Å². The van der Waals surface area contributed by atoms with Crippen molar-refractivity contribution >= 4 is 34.9 Å². The predicted molar refractivity (Wildman–Crippen MR) is 146 cm³/mol. The van der Waals surface area contributed by atoms with Gasteiger partial charge in [0.25, 0.3) is 11.8 Å². The Kier molecular flexibility index (Phi) is 7.59.